The molecular formula is C25H24N5OS2+. The molecule has 0 aliphatic carbocycles. The Morgan fingerprint density at radius 1 is 0.788 bits per heavy atom. The number of aromatic nitrogens is 2. The summed E-state index contributed by atoms with van der Waals surface area (Å²) < 4.78 is 7.78. The van der Waals surface area contributed by atoms with Crippen LogP contribution in [0.15, 0.2) is 72.8 Å². The van der Waals surface area contributed by atoms with Gasteiger partial charge >= 0.3 is 0 Å². The molecule has 8 heteroatoms. The van der Waals surface area contributed by atoms with Crippen LogP contribution in [0, 0.1) is 0 Å². The summed E-state index contributed by atoms with van der Waals surface area (Å²) in [4.78, 5) is 16.1. The standard InChI is InChI=1S/C25H23N5OS2/c1-31-19-12-10-18(11-13-19)14-28-15-29(24-26-20-6-2-4-8-22(20)32-24)17-30(16-28)25-27-21-7-3-5-9-23(21)33-25/h2-13H,14-17H2,1H3/p+1. The van der Waals surface area contributed by atoms with Crippen LogP contribution in [0.1, 0.15) is 5.56 Å². The van der Waals surface area contributed by atoms with Gasteiger partial charge < -0.3 is 4.74 Å². The molecule has 3 heterocycles. The zero-order valence-electron chi connectivity index (χ0n) is 18.3. The van der Waals surface area contributed by atoms with Gasteiger partial charge in [0, 0.05) is 5.56 Å². The number of hydrogen-bond acceptors (Lipinski definition) is 7. The highest BCUT2D eigenvalue weighted by Gasteiger charge is 2.30. The second-order valence-corrected chi connectivity index (χ2v) is 10.3. The number of nitrogens with one attached hydrogen (secondary N) is 1. The Bertz CT molecular complexity index is 1250. The van der Waals surface area contributed by atoms with Crippen molar-refractivity contribution in [3.63, 3.8) is 0 Å². The Labute approximate surface area is 200 Å². The number of nitrogens with zero attached hydrogens (tertiary/aromatic N) is 4. The van der Waals surface area contributed by atoms with Crippen molar-refractivity contribution in [2.45, 2.75) is 6.54 Å². The van der Waals surface area contributed by atoms with Gasteiger partial charge in [-0.15, -0.1) is 0 Å². The summed E-state index contributed by atoms with van der Waals surface area (Å²) in [5.41, 5.74) is 3.42. The summed E-state index contributed by atoms with van der Waals surface area (Å²) in [7, 11) is 1.71. The van der Waals surface area contributed by atoms with Crippen LogP contribution in [0.3, 0.4) is 0 Å². The maximum absolute atomic E-state index is 5.33. The Morgan fingerprint density at radius 3 is 1.85 bits per heavy atom. The zero-order valence-corrected chi connectivity index (χ0v) is 19.9. The smallest absolute Gasteiger partial charge is 0.192 e. The third kappa shape index (κ3) is 4.13. The lowest BCUT2D eigenvalue weighted by molar-refractivity contribution is -0.916. The zero-order chi connectivity index (χ0) is 22.2. The summed E-state index contributed by atoms with van der Waals surface area (Å²) in [6.07, 6.45) is 0. The van der Waals surface area contributed by atoms with Crippen LogP contribution < -0.4 is 19.4 Å². The van der Waals surface area contributed by atoms with Crippen LogP contribution >= 0.6 is 22.7 Å². The highest BCUT2D eigenvalue weighted by molar-refractivity contribution is 7.22. The molecule has 6 nitrogen and oxygen atoms in total. The molecule has 1 aliphatic rings. The predicted octanol–water partition coefficient (Wildman–Crippen LogP) is 4.20. The van der Waals surface area contributed by atoms with Gasteiger partial charge in [-0.05, 0) is 48.5 Å². The van der Waals surface area contributed by atoms with Crippen molar-refractivity contribution in [2.75, 3.05) is 36.9 Å². The van der Waals surface area contributed by atoms with Gasteiger partial charge in [0.1, 0.15) is 19.0 Å². The molecule has 0 amide bonds. The first-order valence-electron chi connectivity index (χ1n) is 10.9. The summed E-state index contributed by atoms with van der Waals surface area (Å²) in [5.74, 6) is 0.889. The maximum Gasteiger partial charge on any atom is 0.192 e. The number of thiazole rings is 2. The van der Waals surface area contributed by atoms with Gasteiger partial charge in [-0.2, -0.15) is 0 Å². The quantitative estimate of drug-likeness (QED) is 0.414. The molecule has 1 fully saturated rings. The molecule has 2 aromatic heterocycles. The van der Waals surface area contributed by atoms with Crippen molar-refractivity contribution < 1.29 is 9.64 Å². The monoisotopic (exact) mass is 474 g/mol. The van der Waals surface area contributed by atoms with Gasteiger partial charge in [0.15, 0.2) is 23.6 Å². The predicted molar refractivity (Wildman–Crippen MR) is 136 cm³/mol. The highest BCUT2D eigenvalue weighted by atomic mass is 32.1. The highest BCUT2D eigenvalue weighted by Crippen LogP contribution is 2.32. The lowest BCUT2D eigenvalue weighted by Crippen LogP contribution is -3.16. The first-order chi connectivity index (χ1) is 16.2. The fraction of sp³-hybridized carbons (Fsp3) is 0.200. The van der Waals surface area contributed by atoms with Gasteiger partial charge in [0.25, 0.3) is 0 Å². The van der Waals surface area contributed by atoms with E-state index < -0.39 is 0 Å². The van der Waals surface area contributed by atoms with Crippen LogP contribution in [-0.2, 0) is 6.54 Å². The largest absolute Gasteiger partial charge is 0.497 e. The van der Waals surface area contributed by atoms with E-state index >= 15 is 0 Å². The third-order valence-electron chi connectivity index (χ3n) is 5.89. The van der Waals surface area contributed by atoms with Gasteiger partial charge in [0.2, 0.25) is 0 Å². The number of hydrogen-bond donors (Lipinski definition) is 1. The Balaban J connectivity index is 1.32. The number of methoxy groups -OCH3 is 1. The van der Waals surface area contributed by atoms with Gasteiger partial charge in [-0.25, -0.2) is 9.97 Å². The first-order valence-corrected chi connectivity index (χ1v) is 12.6. The number of fused-ring (bicyclic) bond motifs is 2. The molecule has 1 N–H and O–H groups in total. The maximum atomic E-state index is 5.33. The minimum Gasteiger partial charge on any atom is -0.497 e. The normalized spacial score (nSPS) is 14.9. The molecule has 3 aromatic carbocycles. The Morgan fingerprint density at radius 2 is 1.33 bits per heavy atom. The molecule has 1 aliphatic heterocycles. The molecule has 0 saturated carbocycles. The minimum atomic E-state index is 0.783. The molecular weight excluding hydrogens is 450 g/mol. The molecule has 166 valence electrons. The average Bonchev–Trinajstić information content (AvgIpc) is 3.49. The van der Waals surface area contributed by atoms with Crippen LogP contribution in [0.4, 0.5) is 10.3 Å². The van der Waals surface area contributed by atoms with Crippen LogP contribution in [0.2, 0.25) is 0 Å². The molecule has 1 saturated heterocycles. The number of benzene rings is 3. The number of para-hydroxylation sites is 2. The summed E-state index contributed by atoms with van der Waals surface area (Å²) in [6, 6.07) is 25.1. The van der Waals surface area contributed by atoms with Crippen molar-refractivity contribution in [3.05, 3.63) is 78.4 Å². The van der Waals surface area contributed by atoms with Crippen LogP contribution in [0.5, 0.6) is 5.75 Å². The minimum absolute atomic E-state index is 0.783. The van der Waals surface area contributed by atoms with E-state index in [1.54, 1.807) is 29.8 Å². The molecule has 33 heavy (non-hydrogen) atoms. The summed E-state index contributed by atoms with van der Waals surface area (Å²) in [5, 5.41) is 2.13. The molecule has 0 atom stereocenters. The van der Waals surface area contributed by atoms with Crippen LogP contribution in [-0.4, -0.2) is 37.1 Å². The number of quaternary nitrogens is 1. The fourth-order valence-corrected chi connectivity index (χ4v) is 6.20. The Hall–Kier alpha value is -3.20. The lowest BCUT2D eigenvalue weighted by atomic mass is 10.2. The van der Waals surface area contributed by atoms with E-state index in [4.69, 9.17) is 14.7 Å². The van der Waals surface area contributed by atoms with Crippen LogP contribution in [0.25, 0.3) is 20.4 Å². The van der Waals surface area contributed by atoms with E-state index in [9.17, 15) is 0 Å². The number of ether oxygens (including phenoxy) is 1. The first kappa shape index (κ1) is 20.4. The van der Waals surface area contributed by atoms with E-state index in [0.29, 0.717) is 0 Å². The second-order valence-electron chi connectivity index (χ2n) is 8.24. The summed E-state index contributed by atoms with van der Waals surface area (Å²) >= 11 is 3.52. The van der Waals surface area contributed by atoms with E-state index in [0.717, 1.165) is 53.6 Å². The molecule has 0 radical (unpaired) electrons. The van der Waals surface area contributed by atoms with Gasteiger partial charge in [-0.3, -0.25) is 14.7 Å². The molecule has 0 spiro atoms. The molecule has 0 unspecified atom stereocenters. The molecule has 5 aromatic rings. The molecule has 0 bridgehead atoms. The topological polar surface area (TPSA) is 45.9 Å². The SMILES string of the molecule is COc1ccc(C[NH+]2CN(c3nc4ccccc4s3)CN(c3nc4ccccc4s3)C2)cc1. The van der Waals surface area contributed by atoms with Crippen molar-refractivity contribution in [1.29, 1.82) is 0 Å². The lowest BCUT2D eigenvalue weighted by Gasteiger charge is -2.39. The van der Waals surface area contributed by atoms with E-state index in [-0.39, 0.29) is 0 Å². The van der Waals surface area contributed by atoms with Gasteiger partial charge in [-0.1, -0.05) is 46.9 Å². The van der Waals surface area contributed by atoms with Gasteiger partial charge in [0.05, 0.1) is 27.5 Å². The number of rotatable bonds is 5. The van der Waals surface area contributed by atoms with Crippen molar-refractivity contribution in [1.82, 2.24) is 9.97 Å². The van der Waals surface area contributed by atoms with Crippen molar-refractivity contribution in [3.8, 4) is 5.75 Å². The third-order valence-corrected chi connectivity index (χ3v) is 8.08. The Kier molecular flexibility index (Phi) is 5.33. The fourth-order valence-electron chi connectivity index (χ4n) is 4.29. The van der Waals surface area contributed by atoms with E-state index in [1.807, 2.05) is 12.1 Å². The van der Waals surface area contributed by atoms with E-state index in [2.05, 4.69) is 70.5 Å². The van der Waals surface area contributed by atoms with Crippen molar-refractivity contribution in [2.24, 2.45) is 0 Å². The van der Waals surface area contributed by atoms with E-state index in [1.165, 1.54) is 19.9 Å². The average molecular weight is 475 g/mol. The molecule has 6 rings (SSSR count). The van der Waals surface area contributed by atoms with Crippen molar-refractivity contribution >= 4 is 53.4 Å². The summed E-state index contributed by atoms with van der Waals surface area (Å²) in [6.45, 7) is 3.50. The number of anilines is 2. The second kappa shape index (κ2) is 8.62.